The van der Waals surface area contributed by atoms with Crippen LogP contribution in [0.15, 0.2) is 11.6 Å². The highest BCUT2D eigenvalue weighted by Gasteiger charge is 2.18. The highest BCUT2D eigenvalue weighted by Crippen LogP contribution is 2.19. The quantitative estimate of drug-likeness (QED) is 0.557. The number of hydroxylamine groups is 2. The average molecular weight is 197 g/mol. The summed E-state index contributed by atoms with van der Waals surface area (Å²) in [5.41, 5.74) is 0.777. The zero-order chi connectivity index (χ0) is 10.6. The summed E-state index contributed by atoms with van der Waals surface area (Å²) in [5.74, 6) is 0.0894. The fraction of sp³-hybridized carbons (Fsp3) is 0.727. The van der Waals surface area contributed by atoms with Gasteiger partial charge in [-0.2, -0.15) is 0 Å². The van der Waals surface area contributed by atoms with Crippen LogP contribution in [-0.2, 0) is 4.79 Å². The van der Waals surface area contributed by atoms with E-state index in [1.54, 1.807) is 0 Å². The van der Waals surface area contributed by atoms with Gasteiger partial charge in [0.1, 0.15) is 0 Å². The van der Waals surface area contributed by atoms with E-state index < -0.39 is 0 Å². The van der Waals surface area contributed by atoms with Crippen LogP contribution in [0.1, 0.15) is 39.5 Å². The second-order valence-corrected chi connectivity index (χ2v) is 4.26. The molecule has 0 atom stereocenters. The lowest BCUT2D eigenvalue weighted by molar-refractivity contribution is -0.162. The summed E-state index contributed by atoms with van der Waals surface area (Å²) in [6, 6.07) is 0. The molecule has 3 nitrogen and oxygen atoms in total. The lowest BCUT2D eigenvalue weighted by Crippen LogP contribution is -2.32. The van der Waals surface area contributed by atoms with Gasteiger partial charge in [-0.3, -0.25) is 10.0 Å². The maximum absolute atomic E-state index is 11.6. The van der Waals surface area contributed by atoms with Crippen molar-refractivity contribution in [2.24, 2.45) is 5.92 Å². The number of carbonyl (C=O) groups is 1. The molecule has 0 aromatic heterocycles. The Morgan fingerprint density at radius 3 is 2.79 bits per heavy atom. The zero-order valence-corrected chi connectivity index (χ0v) is 8.99. The molecule has 0 aromatic rings. The second-order valence-electron chi connectivity index (χ2n) is 4.26. The highest BCUT2D eigenvalue weighted by atomic mass is 16.5. The highest BCUT2D eigenvalue weighted by molar-refractivity contribution is 5.92. The molecule has 80 valence electrons. The molecule has 0 radical (unpaired) electrons. The number of allylic oxidation sites excluding steroid dienone is 1. The van der Waals surface area contributed by atoms with Gasteiger partial charge in [-0.05, 0) is 31.6 Å². The van der Waals surface area contributed by atoms with Gasteiger partial charge in [-0.15, -0.1) is 0 Å². The van der Waals surface area contributed by atoms with E-state index >= 15 is 0 Å². The summed E-state index contributed by atoms with van der Waals surface area (Å²) in [6.07, 6.45) is 5.96. The van der Waals surface area contributed by atoms with Crippen molar-refractivity contribution < 1.29 is 10.0 Å². The van der Waals surface area contributed by atoms with Crippen molar-refractivity contribution in [3.63, 3.8) is 0 Å². The van der Waals surface area contributed by atoms with Gasteiger partial charge >= 0.3 is 0 Å². The van der Waals surface area contributed by atoms with Crippen LogP contribution in [-0.4, -0.2) is 22.7 Å². The molecule has 0 bridgehead atoms. The van der Waals surface area contributed by atoms with Crippen molar-refractivity contribution in [3.05, 3.63) is 11.6 Å². The van der Waals surface area contributed by atoms with Crippen molar-refractivity contribution in [1.82, 2.24) is 5.06 Å². The van der Waals surface area contributed by atoms with Crippen LogP contribution in [0.25, 0.3) is 0 Å². The van der Waals surface area contributed by atoms with Gasteiger partial charge in [0.05, 0.1) is 6.54 Å². The molecular weight excluding hydrogens is 178 g/mol. The normalized spacial score (nSPS) is 16.7. The van der Waals surface area contributed by atoms with Gasteiger partial charge in [0.2, 0.25) is 0 Å². The monoisotopic (exact) mass is 197 g/mol. The van der Waals surface area contributed by atoms with E-state index in [2.05, 4.69) is 0 Å². The van der Waals surface area contributed by atoms with Gasteiger partial charge in [0, 0.05) is 5.57 Å². The van der Waals surface area contributed by atoms with Crippen molar-refractivity contribution in [1.29, 1.82) is 0 Å². The van der Waals surface area contributed by atoms with E-state index in [9.17, 15) is 10.0 Å². The molecule has 0 fully saturated rings. The first kappa shape index (κ1) is 11.2. The van der Waals surface area contributed by atoms with Crippen LogP contribution in [0.3, 0.4) is 0 Å². The van der Waals surface area contributed by atoms with Gasteiger partial charge in [-0.25, -0.2) is 5.06 Å². The van der Waals surface area contributed by atoms with Gasteiger partial charge in [0.25, 0.3) is 5.91 Å². The van der Waals surface area contributed by atoms with Crippen LogP contribution in [0.4, 0.5) is 0 Å². The molecule has 1 N–H and O–H groups in total. The van der Waals surface area contributed by atoms with Crippen molar-refractivity contribution >= 4 is 5.91 Å². The Bertz CT molecular complexity index is 233. The number of rotatable bonds is 3. The SMILES string of the molecule is CC(C)CN(O)C(=O)C1=CCCCC1. The summed E-state index contributed by atoms with van der Waals surface area (Å²) in [6.45, 7) is 4.37. The summed E-state index contributed by atoms with van der Waals surface area (Å²) < 4.78 is 0. The number of carbonyl (C=O) groups excluding carboxylic acids is 1. The zero-order valence-electron chi connectivity index (χ0n) is 8.99. The fourth-order valence-corrected chi connectivity index (χ4v) is 1.63. The second kappa shape index (κ2) is 5.15. The third kappa shape index (κ3) is 3.14. The minimum absolute atomic E-state index is 0.210. The summed E-state index contributed by atoms with van der Waals surface area (Å²) in [5, 5.41) is 10.3. The predicted octanol–water partition coefficient (Wildman–Crippen LogP) is 2.36. The van der Waals surface area contributed by atoms with E-state index in [0.29, 0.717) is 12.5 Å². The molecule has 1 amide bonds. The largest absolute Gasteiger partial charge is 0.286 e. The Balaban J connectivity index is 2.50. The molecular formula is C11H19NO2. The lowest BCUT2D eigenvalue weighted by Gasteiger charge is -2.20. The summed E-state index contributed by atoms with van der Waals surface area (Å²) >= 11 is 0. The van der Waals surface area contributed by atoms with Crippen LogP contribution in [0.2, 0.25) is 0 Å². The van der Waals surface area contributed by atoms with E-state index in [0.717, 1.165) is 36.3 Å². The lowest BCUT2D eigenvalue weighted by atomic mass is 9.99. The van der Waals surface area contributed by atoms with Gasteiger partial charge in [-0.1, -0.05) is 19.9 Å². The minimum atomic E-state index is -0.210. The standard InChI is InChI=1S/C11H19NO2/c1-9(2)8-12(14)11(13)10-6-4-3-5-7-10/h6,9,14H,3-5,7-8H2,1-2H3. The van der Waals surface area contributed by atoms with Crippen LogP contribution < -0.4 is 0 Å². The fourth-order valence-electron chi connectivity index (χ4n) is 1.63. The first-order valence-corrected chi connectivity index (χ1v) is 5.31. The smallest absolute Gasteiger partial charge is 0.272 e. The number of amides is 1. The molecule has 1 aliphatic carbocycles. The molecule has 0 heterocycles. The Labute approximate surface area is 85.4 Å². The maximum atomic E-state index is 11.6. The molecule has 0 aromatic carbocycles. The topological polar surface area (TPSA) is 40.5 Å². The Hall–Kier alpha value is -0.830. The van der Waals surface area contributed by atoms with E-state index in [1.807, 2.05) is 19.9 Å². The molecule has 0 aliphatic heterocycles. The first-order chi connectivity index (χ1) is 6.61. The number of hydrogen-bond acceptors (Lipinski definition) is 2. The minimum Gasteiger partial charge on any atom is -0.286 e. The molecule has 0 saturated carbocycles. The number of hydrogen-bond donors (Lipinski definition) is 1. The average Bonchev–Trinajstić information content (AvgIpc) is 2.17. The van der Waals surface area contributed by atoms with E-state index in [-0.39, 0.29) is 5.91 Å². The molecule has 3 heteroatoms. The summed E-state index contributed by atoms with van der Waals surface area (Å²) in [4.78, 5) is 11.6. The third-order valence-electron chi connectivity index (χ3n) is 2.34. The molecule has 0 unspecified atom stereocenters. The Morgan fingerprint density at radius 2 is 2.29 bits per heavy atom. The molecule has 1 aliphatic rings. The molecule has 0 spiro atoms. The van der Waals surface area contributed by atoms with Crippen molar-refractivity contribution in [2.75, 3.05) is 6.54 Å². The van der Waals surface area contributed by atoms with Gasteiger partial charge < -0.3 is 0 Å². The number of nitrogens with zero attached hydrogens (tertiary/aromatic N) is 1. The van der Waals surface area contributed by atoms with Crippen LogP contribution in [0, 0.1) is 5.92 Å². The van der Waals surface area contributed by atoms with Crippen molar-refractivity contribution in [2.45, 2.75) is 39.5 Å². The van der Waals surface area contributed by atoms with Crippen molar-refractivity contribution in [3.8, 4) is 0 Å². The van der Waals surface area contributed by atoms with Crippen LogP contribution >= 0.6 is 0 Å². The Kier molecular flexibility index (Phi) is 4.14. The Morgan fingerprint density at radius 1 is 1.57 bits per heavy atom. The summed E-state index contributed by atoms with van der Waals surface area (Å²) in [7, 11) is 0. The predicted molar refractivity (Wildman–Crippen MR) is 54.9 cm³/mol. The maximum Gasteiger partial charge on any atom is 0.272 e. The van der Waals surface area contributed by atoms with Crippen LogP contribution in [0.5, 0.6) is 0 Å². The first-order valence-electron chi connectivity index (χ1n) is 5.31. The molecule has 14 heavy (non-hydrogen) atoms. The van der Waals surface area contributed by atoms with E-state index in [4.69, 9.17) is 0 Å². The van der Waals surface area contributed by atoms with E-state index in [1.165, 1.54) is 0 Å². The molecule has 0 saturated heterocycles. The molecule has 1 rings (SSSR count). The van der Waals surface area contributed by atoms with Gasteiger partial charge in [0.15, 0.2) is 0 Å². The third-order valence-corrected chi connectivity index (χ3v) is 2.34.